The molecule has 0 saturated carbocycles. The summed E-state index contributed by atoms with van der Waals surface area (Å²) in [5.41, 5.74) is 2.16. The molecule has 23 heavy (non-hydrogen) atoms. The highest BCUT2D eigenvalue weighted by Crippen LogP contribution is 2.31. The van der Waals surface area contributed by atoms with Gasteiger partial charge in [0.25, 0.3) is 5.91 Å². The van der Waals surface area contributed by atoms with Crippen LogP contribution in [-0.4, -0.2) is 67.9 Å². The van der Waals surface area contributed by atoms with Crippen molar-refractivity contribution in [2.75, 3.05) is 50.9 Å². The first-order chi connectivity index (χ1) is 11.3. The van der Waals surface area contributed by atoms with Crippen LogP contribution < -0.4 is 4.90 Å². The minimum absolute atomic E-state index is 0.0782. The Labute approximate surface area is 138 Å². The van der Waals surface area contributed by atoms with Gasteiger partial charge in [-0.2, -0.15) is 0 Å². The van der Waals surface area contributed by atoms with E-state index in [4.69, 9.17) is 9.47 Å². The van der Waals surface area contributed by atoms with Crippen molar-refractivity contribution in [2.24, 2.45) is 0 Å². The van der Waals surface area contributed by atoms with Crippen molar-refractivity contribution in [3.05, 3.63) is 23.7 Å². The summed E-state index contributed by atoms with van der Waals surface area (Å²) in [6.07, 6.45) is 1.43. The third-order valence-electron chi connectivity index (χ3n) is 4.33. The first kappa shape index (κ1) is 14.9. The van der Waals surface area contributed by atoms with Crippen LogP contribution in [0.2, 0.25) is 0 Å². The number of amides is 1. The molecule has 2 aliphatic rings. The zero-order valence-electron chi connectivity index (χ0n) is 12.8. The molecule has 6 nitrogen and oxygen atoms in total. The normalized spacial score (nSPS) is 22.5. The predicted octanol–water partition coefficient (Wildman–Crippen LogP) is 1.36. The van der Waals surface area contributed by atoms with Crippen molar-refractivity contribution in [3.8, 4) is 0 Å². The summed E-state index contributed by atoms with van der Waals surface area (Å²) < 4.78 is 12.2. The van der Waals surface area contributed by atoms with Gasteiger partial charge in [-0.3, -0.25) is 9.78 Å². The van der Waals surface area contributed by atoms with E-state index >= 15 is 0 Å². The minimum atomic E-state index is -0.398. The van der Waals surface area contributed by atoms with Gasteiger partial charge in [-0.1, -0.05) is 0 Å². The molecular weight excluding hydrogens is 314 g/mol. The Bertz CT molecular complexity index is 699. The smallest absolute Gasteiger partial charge is 0.253 e. The number of nitrogens with zero attached hydrogens (tertiary/aromatic N) is 3. The van der Waals surface area contributed by atoms with Gasteiger partial charge in [0.2, 0.25) is 0 Å². The van der Waals surface area contributed by atoms with Crippen LogP contribution in [0, 0.1) is 0 Å². The number of hydrogen-bond acceptors (Lipinski definition) is 6. The third kappa shape index (κ3) is 2.91. The summed E-state index contributed by atoms with van der Waals surface area (Å²) in [5, 5.41) is 2.05. The molecule has 0 N–H and O–H groups in total. The van der Waals surface area contributed by atoms with Gasteiger partial charge >= 0.3 is 0 Å². The van der Waals surface area contributed by atoms with Gasteiger partial charge < -0.3 is 19.3 Å². The molecule has 2 aliphatic heterocycles. The molecular formula is C16H19N3O3S. The zero-order valence-corrected chi connectivity index (χ0v) is 13.6. The molecule has 2 saturated heterocycles. The number of ether oxygens (including phenoxy) is 2. The molecule has 2 fully saturated rings. The quantitative estimate of drug-likeness (QED) is 0.831. The molecule has 122 valence electrons. The highest BCUT2D eigenvalue weighted by molar-refractivity contribution is 7.17. The Kier molecular flexibility index (Phi) is 4.15. The maximum absolute atomic E-state index is 12.7. The molecule has 1 atom stereocenters. The number of aromatic nitrogens is 1. The Morgan fingerprint density at radius 3 is 2.96 bits per heavy atom. The lowest BCUT2D eigenvalue weighted by Crippen LogP contribution is -2.53. The summed E-state index contributed by atoms with van der Waals surface area (Å²) >= 11 is 1.69. The van der Waals surface area contributed by atoms with E-state index < -0.39 is 6.10 Å². The Morgan fingerprint density at radius 1 is 1.22 bits per heavy atom. The number of pyridine rings is 1. The third-order valence-corrected chi connectivity index (χ3v) is 5.25. The maximum atomic E-state index is 12.7. The van der Waals surface area contributed by atoms with Gasteiger partial charge in [-0.25, -0.2) is 0 Å². The van der Waals surface area contributed by atoms with Crippen molar-refractivity contribution >= 4 is 33.1 Å². The van der Waals surface area contributed by atoms with E-state index in [1.165, 1.54) is 4.70 Å². The molecule has 0 radical (unpaired) electrons. The molecule has 1 amide bonds. The Morgan fingerprint density at radius 2 is 2.09 bits per heavy atom. The first-order valence-corrected chi connectivity index (χ1v) is 8.76. The van der Waals surface area contributed by atoms with Gasteiger partial charge in [-0.05, 0) is 17.5 Å². The second kappa shape index (κ2) is 6.43. The largest absolute Gasteiger partial charge is 0.378 e. The topological polar surface area (TPSA) is 54.9 Å². The Balaban J connectivity index is 1.52. The van der Waals surface area contributed by atoms with Gasteiger partial charge in [0.15, 0.2) is 6.10 Å². The van der Waals surface area contributed by atoms with Crippen LogP contribution in [0.5, 0.6) is 0 Å². The summed E-state index contributed by atoms with van der Waals surface area (Å²) in [4.78, 5) is 21.1. The number of morpholine rings is 2. The van der Waals surface area contributed by atoms with E-state index in [1.807, 2.05) is 23.2 Å². The fourth-order valence-electron chi connectivity index (χ4n) is 3.11. The fraction of sp³-hybridized carbons (Fsp3) is 0.500. The van der Waals surface area contributed by atoms with E-state index in [-0.39, 0.29) is 5.91 Å². The maximum Gasteiger partial charge on any atom is 0.253 e. The number of rotatable bonds is 2. The molecule has 4 heterocycles. The lowest BCUT2D eigenvalue weighted by atomic mass is 10.2. The van der Waals surface area contributed by atoms with Gasteiger partial charge in [0.05, 0.1) is 42.3 Å². The standard InChI is InChI=1S/C16H19N3O3S/c20-16(18-4-7-21-8-5-18)14-11-19(6-9-22-14)13-1-3-17-12-2-10-23-15(12)13/h1-3,10,14H,4-9,11H2. The average Bonchev–Trinajstić information content (AvgIpc) is 3.10. The molecule has 2 aromatic heterocycles. The Hall–Kier alpha value is -1.70. The molecule has 0 aromatic carbocycles. The summed E-state index contributed by atoms with van der Waals surface area (Å²) in [6.45, 7) is 4.49. The summed E-state index contributed by atoms with van der Waals surface area (Å²) in [7, 11) is 0. The van der Waals surface area contributed by atoms with E-state index in [1.54, 1.807) is 11.3 Å². The van der Waals surface area contributed by atoms with E-state index in [9.17, 15) is 4.79 Å². The molecule has 7 heteroatoms. The fourth-order valence-corrected chi connectivity index (χ4v) is 4.01. The SMILES string of the molecule is O=C(C1CN(c2ccnc3ccsc23)CCO1)N1CCOCC1. The highest BCUT2D eigenvalue weighted by Gasteiger charge is 2.31. The number of carbonyl (C=O) groups excluding carboxylic acids is 1. The lowest BCUT2D eigenvalue weighted by Gasteiger charge is -2.37. The highest BCUT2D eigenvalue weighted by atomic mass is 32.1. The van der Waals surface area contributed by atoms with Crippen LogP contribution in [-0.2, 0) is 14.3 Å². The van der Waals surface area contributed by atoms with E-state index in [0.29, 0.717) is 39.5 Å². The number of carbonyl (C=O) groups is 1. The van der Waals surface area contributed by atoms with Crippen LogP contribution in [0.15, 0.2) is 23.7 Å². The van der Waals surface area contributed by atoms with Crippen LogP contribution in [0.1, 0.15) is 0 Å². The molecule has 1 unspecified atom stereocenters. The van der Waals surface area contributed by atoms with Crippen molar-refractivity contribution in [2.45, 2.75) is 6.10 Å². The minimum Gasteiger partial charge on any atom is -0.378 e. The van der Waals surface area contributed by atoms with Gasteiger partial charge in [0.1, 0.15) is 0 Å². The number of fused-ring (bicyclic) bond motifs is 1. The predicted molar refractivity (Wildman–Crippen MR) is 89.0 cm³/mol. The monoisotopic (exact) mass is 333 g/mol. The van der Waals surface area contributed by atoms with Crippen molar-refractivity contribution in [1.29, 1.82) is 0 Å². The molecule has 4 rings (SSSR count). The van der Waals surface area contributed by atoms with Gasteiger partial charge in [0, 0.05) is 25.8 Å². The van der Waals surface area contributed by atoms with Crippen LogP contribution in [0.4, 0.5) is 5.69 Å². The molecule has 0 spiro atoms. The van der Waals surface area contributed by atoms with Crippen LogP contribution in [0.25, 0.3) is 10.2 Å². The number of thiophene rings is 1. The number of anilines is 1. The van der Waals surface area contributed by atoms with E-state index in [2.05, 4.69) is 15.3 Å². The second-order valence-electron chi connectivity index (χ2n) is 5.71. The second-order valence-corrected chi connectivity index (χ2v) is 6.62. The van der Waals surface area contributed by atoms with E-state index in [0.717, 1.165) is 17.7 Å². The van der Waals surface area contributed by atoms with Crippen LogP contribution in [0.3, 0.4) is 0 Å². The van der Waals surface area contributed by atoms with Gasteiger partial charge in [-0.15, -0.1) is 11.3 Å². The van der Waals surface area contributed by atoms with Crippen molar-refractivity contribution < 1.29 is 14.3 Å². The average molecular weight is 333 g/mol. The number of hydrogen-bond donors (Lipinski definition) is 0. The summed E-state index contributed by atoms with van der Waals surface area (Å²) in [5.74, 6) is 0.0782. The molecule has 0 aliphatic carbocycles. The zero-order chi connectivity index (χ0) is 15.6. The molecule has 0 bridgehead atoms. The summed E-state index contributed by atoms with van der Waals surface area (Å²) in [6, 6.07) is 4.06. The van der Waals surface area contributed by atoms with Crippen molar-refractivity contribution in [1.82, 2.24) is 9.88 Å². The first-order valence-electron chi connectivity index (χ1n) is 7.88. The molecule has 2 aromatic rings. The van der Waals surface area contributed by atoms with Crippen LogP contribution >= 0.6 is 11.3 Å². The lowest BCUT2D eigenvalue weighted by molar-refractivity contribution is -0.148. The van der Waals surface area contributed by atoms with Crippen molar-refractivity contribution in [3.63, 3.8) is 0 Å².